The predicted octanol–water partition coefficient (Wildman–Crippen LogP) is 3.72. The van der Waals surface area contributed by atoms with Crippen LogP contribution in [-0.2, 0) is 0 Å². The van der Waals surface area contributed by atoms with Crippen molar-refractivity contribution in [3.05, 3.63) is 47.5 Å². The number of imidazole rings is 1. The second-order valence-corrected chi connectivity index (χ2v) is 5.18. The van der Waals surface area contributed by atoms with Crippen molar-refractivity contribution in [2.24, 2.45) is 0 Å². The minimum absolute atomic E-state index is 0.811. The van der Waals surface area contributed by atoms with Crippen molar-refractivity contribution < 1.29 is 0 Å². The molecule has 98 valence electrons. The van der Waals surface area contributed by atoms with Crippen LogP contribution in [0.1, 0.15) is 11.1 Å². The highest BCUT2D eigenvalue weighted by Gasteiger charge is 2.13. The Labute approximate surface area is 115 Å². The molecule has 0 radical (unpaired) electrons. The first-order valence-electron chi connectivity index (χ1n) is 6.63. The van der Waals surface area contributed by atoms with E-state index in [1.54, 1.807) is 0 Å². The smallest absolute Gasteiger partial charge is 0.159 e. The first kappa shape index (κ1) is 11.2. The van der Waals surface area contributed by atoms with E-state index in [4.69, 9.17) is 4.98 Å². The van der Waals surface area contributed by atoms with Gasteiger partial charge in [-0.3, -0.25) is 5.10 Å². The maximum Gasteiger partial charge on any atom is 0.159 e. The summed E-state index contributed by atoms with van der Waals surface area (Å²) in [4.78, 5) is 8.05. The molecule has 20 heavy (non-hydrogen) atoms. The van der Waals surface area contributed by atoms with E-state index in [1.807, 2.05) is 12.1 Å². The van der Waals surface area contributed by atoms with Crippen LogP contribution in [0.5, 0.6) is 0 Å². The Bertz CT molecular complexity index is 930. The fourth-order valence-electron chi connectivity index (χ4n) is 2.60. The van der Waals surface area contributed by atoms with E-state index in [2.05, 4.69) is 53.3 Å². The van der Waals surface area contributed by atoms with Crippen molar-refractivity contribution in [3.63, 3.8) is 0 Å². The van der Waals surface area contributed by atoms with Crippen molar-refractivity contribution in [2.45, 2.75) is 13.8 Å². The number of aryl methyl sites for hydroxylation is 2. The van der Waals surface area contributed by atoms with E-state index < -0.39 is 0 Å². The molecule has 4 nitrogen and oxygen atoms in total. The van der Waals surface area contributed by atoms with Crippen LogP contribution in [0.3, 0.4) is 0 Å². The number of hydrogen-bond acceptors (Lipinski definition) is 2. The van der Waals surface area contributed by atoms with Crippen molar-refractivity contribution in [1.29, 1.82) is 0 Å². The number of rotatable bonds is 1. The molecule has 0 atom stereocenters. The van der Waals surface area contributed by atoms with Crippen LogP contribution in [0.25, 0.3) is 33.5 Å². The number of aromatic nitrogens is 4. The van der Waals surface area contributed by atoms with Crippen molar-refractivity contribution in [1.82, 2.24) is 20.2 Å². The Morgan fingerprint density at radius 2 is 1.90 bits per heavy atom. The fraction of sp³-hybridized carbons (Fsp3) is 0.125. The van der Waals surface area contributed by atoms with E-state index in [1.165, 1.54) is 11.1 Å². The Morgan fingerprint density at radius 3 is 2.75 bits per heavy atom. The van der Waals surface area contributed by atoms with Gasteiger partial charge >= 0.3 is 0 Å². The summed E-state index contributed by atoms with van der Waals surface area (Å²) in [6, 6.07) is 12.4. The standard InChI is InChI=1S/C16H14N4/c1-9-6-7-12-11(8-9)15(20-19-12)16-17-13-5-3-4-10(2)14(13)18-16/h3-8H,1-2H3,(H,17,18)(H,19,20). The van der Waals surface area contributed by atoms with Crippen LogP contribution in [0.15, 0.2) is 36.4 Å². The zero-order valence-corrected chi connectivity index (χ0v) is 11.4. The lowest BCUT2D eigenvalue weighted by molar-refractivity contribution is 1.10. The van der Waals surface area contributed by atoms with Crippen LogP contribution in [0.4, 0.5) is 0 Å². The number of hydrogen-bond donors (Lipinski definition) is 2. The minimum Gasteiger partial charge on any atom is -0.337 e. The first-order valence-corrected chi connectivity index (χ1v) is 6.63. The highest BCUT2D eigenvalue weighted by molar-refractivity contribution is 5.93. The molecule has 0 saturated heterocycles. The number of aromatic amines is 2. The third-order valence-corrected chi connectivity index (χ3v) is 3.66. The second-order valence-electron chi connectivity index (χ2n) is 5.18. The fourth-order valence-corrected chi connectivity index (χ4v) is 2.60. The molecule has 4 heteroatoms. The molecule has 0 aliphatic carbocycles. The molecule has 4 aromatic rings. The Kier molecular flexibility index (Phi) is 2.21. The van der Waals surface area contributed by atoms with E-state index in [0.717, 1.165) is 33.5 Å². The van der Waals surface area contributed by atoms with Gasteiger partial charge in [-0.1, -0.05) is 23.8 Å². The monoisotopic (exact) mass is 262 g/mol. The molecule has 0 bridgehead atoms. The molecule has 2 aromatic carbocycles. The van der Waals surface area contributed by atoms with Gasteiger partial charge in [-0.15, -0.1) is 0 Å². The van der Waals surface area contributed by atoms with Gasteiger partial charge in [0.1, 0.15) is 5.69 Å². The quantitative estimate of drug-likeness (QED) is 0.549. The third-order valence-electron chi connectivity index (χ3n) is 3.66. The van der Waals surface area contributed by atoms with Crippen LogP contribution >= 0.6 is 0 Å². The van der Waals surface area contributed by atoms with Gasteiger partial charge in [0, 0.05) is 5.39 Å². The summed E-state index contributed by atoms with van der Waals surface area (Å²) in [5.74, 6) is 0.811. The minimum atomic E-state index is 0.811. The summed E-state index contributed by atoms with van der Waals surface area (Å²) in [5, 5.41) is 8.57. The Balaban J connectivity index is 2.01. The normalized spacial score (nSPS) is 11.5. The number of H-pyrrole nitrogens is 2. The molecular weight excluding hydrogens is 248 g/mol. The third kappa shape index (κ3) is 1.54. The maximum atomic E-state index is 4.70. The molecule has 0 aliphatic heterocycles. The molecule has 0 fully saturated rings. The molecule has 0 aliphatic rings. The van der Waals surface area contributed by atoms with Gasteiger partial charge in [0.25, 0.3) is 0 Å². The zero-order chi connectivity index (χ0) is 13.7. The molecule has 0 unspecified atom stereocenters. The number of fused-ring (bicyclic) bond motifs is 2. The Hall–Kier alpha value is -2.62. The van der Waals surface area contributed by atoms with Gasteiger partial charge in [0.05, 0.1) is 16.6 Å². The van der Waals surface area contributed by atoms with Crippen LogP contribution in [0.2, 0.25) is 0 Å². The Morgan fingerprint density at radius 1 is 1.00 bits per heavy atom. The molecule has 0 saturated carbocycles. The number of para-hydroxylation sites is 1. The van der Waals surface area contributed by atoms with Crippen molar-refractivity contribution in [3.8, 4) is 11.5 Å². The second kappa shape index (κ2) is 3.93. The molecule has 0 amide bonds. The van der Waals surface area contributed by atoms with Gasteiger partial charge in [0.2, 0.25) is 0 Å². The van der Waals surface area contributed by atoms with E-state index in [-0.39, 0.29) is 0 Å². The highest BCUT2D eigenvalue weighted by atomic mass is 15.1. The number of nitrogens with zero attached hydrogens (tertiary/aromatic N) is 2. The summed E-state index contributed by atoms with van der Waals surface area (Å²) in [5.41, 5.74) is 6.34. The van der Waals surface area contributed by atoms with Gasteiger partial charge in [-0.2, -0.15) is 5.10 Å². The average Bonchev–Trinajstić information content (AvgIpc) is 3.02. The zero-order valence-electron chi connectivity index (χ0n) is 11.4. The summed E-state index contributed by atoms with van der Waals surface area (Å²) >= 11 is 0. The van der Waals surface area contributed by atoms with Gasteiger partial charge in [-0.05, 0) is 37.6 Å². The molecule has 2 N–H and O–H groups in total. The molecule has 4 rings (SSSR count). The van der Waals surface area contributed by atoms with Crippen molar-refractivity contribution in [2.75, 3.05) is 0 Å². The average molecular weight is 262 g/mol. The summed E-state index contributed by atoms with van der Waals surface area (Å²) in [7, 11) is 0. The van der Waals surface area contributed by atoms with Crippen LogP contribution < -0.4 is 0 Å². The van der Waals surface area contributed by atoms with E-state index >= 15 is 0 Å². The predicted molar refractivity (Wildman–Crippen MR) is 80.7 cm³/mol. The SMILES string of the molecule is Cc1ccc2[nH]nc(-c3nc4c(C)cccc4[nH]3)c2c1. The summed E-state index contributed by atoms with van der Waals surface area (Å²) in [6.45, 7) is 4.15. The number of benzene rings is 2. The lowest BCUT2D eigenvalue weighted by Gasteiger charge is -1.94. The van der Waals surface area contributed by atoms with Crippen molar-refractivity contribution >= 4 is 21.9 Å². The van der Waals surface area contributed by atoms with Crippen LogP contribution in [0, 0.1) is 13.8 Å². The first-order chi connectivity index (χ1) is 9.72. The molecule has 2 heterocycles. The van der Waals surface area contributed by atoms with Gasteiger partial charge in [-0.25, -0.2) is 4.98 Å². The molecule has 2 aromatic heterocycles. The molecular formula is C16H14N4. The highest BCUT2D eigenvalue weighted by Crippen LogP contribution is 2.27. The maximum absolute atomic E-state index is 4.70. The largest absolute Gasteiger partial charge is 0.337 e. The molecule has 0 spiro atoms. The van der Waals surface area contributed by atoms with E-state index in [0.29, 0.717) is 0 Å². The lowest BCUT2D eigenvalue weighted by atomic mass is 10.1. The topological polar surface area (TPSA) is 57.4 Å². The van der Waals surface area contributed by atoms with Crippen LogP contribution in [-0.4, -0.2) is 20.2 Å². The van der Waals surface area contributed by atoms with Gasteiger partial charge in [0.15, 0.2) is 5.82 Å². The van der Waals surface area contributed by atoms with Gasteiger partial charge < -0.3 is 4.98 Å². The summed E-state index contributed by atoms with van der Waals surface area (Å²) < 4.78 is 0. The van der Waals surface area contributed by atoms with E-state index in [9.17, 15) is 0 Å². The number of nitrogens with one attached hydrogen (secondary N) is 2. The summed E-state index contributed by atoms with van der Waals surface area (Å²) in [6.07, 6.45) is 0. The lowest BCUT2D eigenvalue weighted by Crippen LogP contribution is -1.81.